The molecule has 1 aromatic carbocycles. The molecule has 5 heteroatoms. The van der Waals surface area contributed by atoms with Crippen molar-refractivity contribution < 1.29 is 0 Å². The summed E-state index contributed by atoms with van der Waals surface area (Å²) in [6.45, 7) is 0.879. The first-order valence-corrected chi connectivity index (χ1v) is 8.49. The van der Waals surface area contributed by atoms with Crippen LogP contribution in [0.25, 0.3) is 0 Å². The fourth-order valence-electron chi connectivity index (χ4n) is 1.80. The van der Waals surface area contributed by atoms with Crippen molar-refractivity contribution in [2.45, 2.75) is 36.1 Å². The van der Waals surface area contributed by atoms with Crippen molar-refractivity contribution in [3.05, 3.63) is 52.5 Å². The first-order chi connectivity index (χ1) is 9.79. The van der Waals surface area contributed by atoms with Crippen molar-refractivity contribution in [1.29, 1.82) is 0 Å². The number of hydrogen-bond donors (Lipinski definition) is 1. The predicted octanol–water partition coefficient (Wildman–Crippen LogP) is 3.78. The predicted molar refractivity (Wildman–Crippen MR) is 85.6 cm³/mol. The maximum atomic E-state index is 4.43. The third kappa shape index (κ3) is 4.30. The van der Waals surface area contributed by atoms with Gasteiger partial charge in [-0.15, -0.1) is 11.8 Å². The van der Waals surface area contributed by atoms with Crippen molar-refractivity contribution in [3.63, 3.8) is 0 Å². The SMILES string of the molecule is Brc1cccc(SCc2ncc(CNC3CC3)cn2)c1. The molecule has 0 spiro atoms. The van der Waals surface area contributed by atoms with Crippen LogP contribution in [0.1, 0.15) is 24.2 Å². The standard InChI is InChI=1S/C15H16BrN3S/c16-12-2-1-3-14(6-12)20-10-15-18-8-11(9-19-15)7-17-13-4-5-13/h1-3,6,8-9,13,17H,4-5,7,10H2. The fraction of sp³-hybridized carbons (Fsp3) is 0.333. The molecule has 1 aromatic heterocycles. The average Bonchev–Trinajstić information content (AvgIpc) is 3.28. The molecule has 3 nitrogen and oxygen atoms in total. The summed E-state index contributed by atoms with van der Waals surface area (Å²) in [6.07, 6.45) is 6.47. The van der Waals surface area contributed by atoms with Crippen LogP contribution in [0.2, 0.25) is 0 Å². The number of benzene rings is 1. The lowest BCUT2D eigenvalue weighted by Crippen LogP contribution is -2.15. The highest BCUT2D eigenvalue weighted by Gasteiger charge is 2.19. The fourth-order valence-corrected chi connectivity index (χ4v) is 3.18. The van der Waals surface area contributed by atoms with Gasteiger partial charge in [0.25, 0.3) is 0 Å². The van der Waals surface area contributed by atoms with E-state index in [1.807, 2.05) is 24.5 Å². The highest BCUT2D eigenvalue weighted by Crippen LogP contribution is 2.24. The van der Waals surface area contributed by atoms with Crippen LogP contribution in [0.15, 0.2) is 46.0 Å². The molecule has 0 radical (unpaired) electrons. The molecule has 20 heavy (non-hydrogen) atoms. The average molecular weight is 350 g/mol. The van der Waals surface area contributed by atoms with Gasteiger partial charge in [-0.2, -0.15) is 0 Å². The van der Waals surface area contributed by atoms with Gasteiger partial charge in [0.2, 0.25) is 0 Å². The van der Waals surface area contributed by atoms with Crippen molar-refractivity contribution in [2.24, 2.45) is 0 Å². The van der Waals surface area contributed by atoms with Crippen LogP contribution in [0, 0.1) is 0 Å². The van der Waals surface area contributed by atoms with E-state index in [9.17, 15) is 0 Å². The van der Waals surface area contributed by atoms with Crippen molar-refractivity contribution in [2.75, 3.05) is 0 Å². The number of hydrogen-bond acceptors (Lipinski definition) is 4. The Labute approximate surface area is 131 Å². The molecule has 1 aliphatic rings. The summed E-state index contributed by atoms with van der Waals surface area (Å²) >= 11 is 5.23. The molecule has 0 atom stereocenters. The lowest BCUT2D eigenvalue weighted by molar-refractivity contribution is 0.682. The van der Waals surface area contributed by atoms with Crippen LogP contribution in [0.4, 0.5) is 0 Å². The van der Waals surface area contributed by atoms with E-state index in [0.29, 0.717) is 0 Å². The molecular formula is C15H16BrN3S. The largest absolute Gasteiger partial charge is 0.310 e. The lowest BCUT2D eigenvalue weighted by atomic mass is 10.3. The summed E-state index contributed by atoms with van der Waals surface area (Å²) in [5.41, 5.74) is 1.16. The molecule has 1 fully saturated rings. The number of rotatable bonds is 6. The Balaban J connectivity index is 1.52. The Hall–Kier alpha value is -0.910. The van der Waals surface area contributed by atoms with Crippen LogP contribution < -0.4 is 5.32 Å². The monoisotopic (exact) mass is 349 g/mol. The Bertz CT molecular complexity index is 570. The number of nitrogens with zero attached hydrogens (tertiary/aromatic N) is 2. The molecule has 1 aliphatic carbocycles. The lowest BCUT2D eigenvalue weighted by Gasteiger charge is -2.04. The van der Waals surface area contributed by atoms with E-state index in [0.717, 1.165) is 34.2 Å². The molecule has 0 saturated heterocycles. The van der Waals surface area contributed by atoms with E-state index in [-0.39, 0.29) is 0 Å². The maximum absolute atomic E-state index is 4.43. The molecule has 0 aliphatic heterocycles. The second-order valence-electron chi connectivity index (χ2n) is 4.91. The van der Waals surface area contributed by atoms with E-state index >= 15 is 0 Å². The summed E-state index contributed by atoms with van der Waals surface area (Å²) in [4.78, 5) is 10.1. The Morgan fingerprint density at radius 2 is 2.05 bits per heavy atom. The second kappa shape index (κ2) is 6.70. The Morgan fingerprint density at radius 1 is 1.25 bits per heavy atom. The van der Waals surface area contributed by atoms with Crippen LogP contribution >= 0.6 is 27.7 Å². The first kappa shape index (κ1) is 14.0. The van der Waals surface area contributed by atoms with E-state index < -0.39 is 0 Å². The van der Waals surface area contributed by atoms with Crippen LogP contribution in [-0.4, -0.2) is 16.0 Å². The smallest absolute Gasteiger partial charge is 0.138 e. The van der Waals surface area contributed by atoms with Gasteiger partial charge < -0.3 is 5.32 Å². The van der Waals surface area contributed by atoms with Gasteiger partial charge in [-0.05, 0) is 31.0 Å². The zero-order chi connectivity index (χ0) is 13.8. The number of nitrogens with one attached hydrogen (secondary N) is 1. The zero-order valence-electron chi connectivity index (χ0n) is 11.1. The minimum absolute atomic E-state index is 0.724. The summed E-state index contributed by atoms with van der Waals surface area (Å²) in [5, 5.41) is 3.47. The van der Waals surface area contributed by atoms with Crippen molar-refractivity contribution >= 4 is 27.7 Å². The number of halogens is 1. The van der Waals surface area contributed by atoms with Gasteiger partial charge in [0.15, 0.2) is 0 Å². The van der Waals surface area contributed by atoms with E-state index in [1.165, 1.54) is 17.7 Å². The van der Waals surface area contributed by atoms with Gasteiger partial charge >= 0.3 is 0 Å². The molecule has 104 valence electrons. The molecular weight excluding hydrogens is 334 g/mol. The zero-order valence-corrected chi connectivity index (χ0v) is 13.5. The van der Waals surface area contributed by atoms with Crippen LogP contribution in [0.5, 0.6) is 0 Å². The molecule has 2 aromatic rings. The van der Waals surface area contributed by atoms with Gasteiger partial charge in [-0.3, -0.25) is 0 Å². The van der Waals surface area contributed by atoms with E-state index in [4.69, 9.17) is 0 Å². The first-order valence-electron chi connectivity index (χ1n) is 6.71. The molecule has 0 unspecified atom stereocenters. The summed E-state index contributed by atoms with van der Waals surface area (Å²) in [7, 11) is 0. The Kier molecular flexibility index (Phi) is 4.70. The van der Waals surface area contributed by atoms with Crippen LogP contribution in [0.3, 0.4) is 0 Å². The van der Waals surface area contributed by atoms with Gasteiger partial charge in [0, 0.05) is 39.9 Å². The molecule has 0 bridgehead atoms. The van der Waals surface area contributed by atoms with Crippen LogP contribution in [-0.2, 0) is 12.3 Å². The van der Waals surface area contributed by atoms with Gasteiger partial charge in [-0.25, -0.2) is 9.97 Å². The quantitative estimate of drug-likeness (QED) is 0.805. The maximum Gasteiger partial charge on any atom is 0.138 e. The highest BCUT2D eigenvalue weighted by molar-refractivity contribution is 9.10. The Morgan fingerprint density at radius 3 is 2.75 bits per heavy atom. The number of aromatic nitrogens is 2. The molecule has 0 amide bonds. The highest BCUT2D eigenvalue weighted by atomic mass is 79.9. The minimum Gasteiger partial charge on any atom is -0.310 e. The summed E-state index contributed by atoms with van der Waals surface area (Å²) < 4.78 is 1.10. The number of thioether (sulfide) groups is 1. The van der Waals surface area contributed by atoms with Crippen molar-refractivity contribution in [3.8, 4) is 0 Å². The van der Waals surface area contributed by atoms with Gasteiger partial charge in [-0.1, -0.05) is 22.0 Å². The third-order valence-corrected chi connectivity index (χ3v) is 4.58. The molecule has 3 rings (SSSR count). The molecule has 1 heterocycles. The van der Waals surface area contributed by atoms with Crippen molar-refractivity contribution in [1.82, 2.24) is 15.3 Å². The summed E-state index contributed by atoms with van der Waals surface area (Å²) in [6, 6.07) is 9.01. The van der Waals surface area contributed by atoms with E-state index in [1.54, 1.807) is 11.8 Å². The normalized spacial score (nSPS) is 14.4. The van der Waals surface area contributed by atoms with Gasteiger partial charge in [0.05, 0.1) is 5.75 Å². The second-order valence-corrected chi connectivity index (χ2v) is 6.87. The third-order valence-electron chi connectivity index (χ3n) is 3.10. The summed E-state index contributed by atoms with van der Waals surface area (Å²) in [5.74, 6) is 1.68. The molecule has 1 N–H and O–H groups in total. The topological polar surface area (TPSA) is 37.8 Å². The van der Waals surface area contributed by atoms with E-state index in [2.05, 4.69) is 43.3 Å². The van der Waals surface area contributed by atoms with Gasteiger partial charge in [0.1, 0.15) is 5.82 Å². The minimum atomic E-state index is 0.724. The molecule has 1 saturated carbocycles.